The predicted molar refractivity (Wildman–Crippen MR) is 79.5 cm³/mol. The van der Waals surface area contributed by atoms with E-state index in [1.807, 2.05) is 6.92 Å². The summed E-state index contributed by atoms with van der Waals surface area (Å²) < 4.78 is 13.0. The number of carbonyl (C=O) groups excluding carboxylic acids is 1. The highest BCUT2D eigenvalue weighted by molar-refractivity contribution is 6.33. The third kappa shape index (κ3) is 3.70. The SMILES string of the molecule is CC1CCN(C(C)C(=O)Nc2ccc(F)cc2Cl)CC1. The van der Waals surface area contributed by atoms with Crippen LogP contribution in [0.4, 0.5) is 10.1 Å². The van der Waals surface area contributed by atoms with E-state index in [9.17, 15) is 9.18 Å². The molecule has 5 heteroatoms. The minimum Gasteiger partial charge on any atom is -0.323 e. The first-order chi connectivity index (χ1) is 9.47. The molecular formula is C15H20ClFN2O. The highest BCUT2D eigenvalue weighted by Crippen LogP contribution is 2.23. The zero-order valence-corrected chi connectivity index (χ0v) is 12.6. The minimum atomic E-state index is -0.411. The molecule has 1 N–H and O–H groups in total. The van der Waals surface area contributed by atoms with Crippen molar-refractivity contribution in [3.63, 3.8) is 0 Å². The van der Waals surface area contributed by atoms with E-state index in [4.69, 9.17) is 11.6 Å². The molecule has 0 spiro atoms. The summed E-state index contributed by atoms with van der Waals surface area (Å²) in [4.78, 5) is 14.4. The number of nitrogens with zero attached hydrogens (tertiary/aromatic N) is 1. The van der Waals surface area contributed by atoms with Crippen LogP contribution in [0.25, 0.3) is 0 Å². The molecule has 1 aliphatic rings. The molecule has 1 aromatic carbocycles. The van der Waals surface area contributed by atoms with E-state index in [1.165, 1.54) is 18.2 Å². The maximum atomic E-state index is 13.0. The van der Waals surface area contributed by atoms with Crippen molar-refractivity contribution in [2.75, 3.05) is 18.4 Å². The van der Waals surface area contributed by atoms with E-state index < -0.39 is 5.82 Å². The van der Waals surface area contributed by atoms with E-state index in [0.29, 0.717) is 5.69 Å². The van der Waals surface area contributed by atoms with Gasteiger partial charge in [0.25, 0.3) is 0 Å². The maximum Gasteiger partial charge on any atom is 0.241 e. The smallest absolute Gasteiger partial charge is 0.241 e. The van der Waals surface area contributed by atoms with Crippen molar-refractivity contribution in [3.05, 3.63) is 29.0 Å². The highest BCUT2D eigenvalue weighted by Gasteiger charge is 2.25. The number of hydrogen-bond acceptors (Lipinski definition) is 2. The van der Waals surface area contributed by atoms with Gasteiger partial charge in [-0.1, -0.05) is 18.5 Å². The molecule has 0 aliphatic carbocycles. The molecule has 1 atom stereocenters. The zero-order valence-electron chi connectivity index (χ0n) is 11.8. The van der Waals surface area contributed by atoms with Gasteiger partial charge < -0.3 is 5.32 Å². The van der Waals surface area contributed by atoms with Crippen LogP contribution in [0.3, 0.4) is 0 Å². The molecule has 1 aromatic rings. The van der Waals surface area contributed by atoms with E-state index in [1.54, 1.807) is 0 Å². The molecule has 3 nitrogen and oxygen atoms in total. The number of amides is 1. The van der Waals surface area contributed by atoms with Gasteiger partial charge in [-0.05, 0) is 57.0 Å². The van der Waals surface area contributed by atoms with Crippen molar-refractivity contribution < 1.29 is 9.18 Å². The molecule has 1 unspecified atom stereocenters. The first-order valence-corrected chi connectivity index (χ1v) is 7.35. The van der Waals surface area contributed by atoms with Gasteiger partial charge in [0.05, 0.1) is 16.8 Å². The molecule has 0 saturated carbocycles. The summed E-state index contributed by atoms with van der Waals surface area (Å²) >= 11 is 5.91. The lowest BCUT2D eigenvalue weighted by molar-refractivity contribution is -0.121. The normalized spacial score (nSPS) is 18.8. The molecule has 2 rings (SSSR count). The van der Waals surface area contributed by atoms with E-state index >= 15 is 0 Å². The van der Waals surface area contributed by atoms with Crippen molar-refractivity contribution in [3.8, 4) is 0 Å². The molecule has 0 bridgehead atoms. The van der Waals surface area contributed by atoms with E-state index in [0.717, 1.165) is 31.8 Å². The second kappa shape index (κ2) is 6.55. The van der Waals surface area contributed by atoms with Crippen molar-refractivity contribution in [1.29, 1.82) is 0 Å². The Labute approximate surface area is 124 Å². The van der Waals surface area contributed by atoms with Crippen LogP contribution in [-0.4, -0.2) is 29.9 Å². The van der Waals surface area contributed by atoms with Crippen LogP contribution in [0.2, 0.25) is 5.02 Å². The fourth-order valence-corrected chi connectivity index (χ4v) is 2.62. The summed E-state index contributed by atoms with van der Waals surface area (Å²) in [7, 11) is 0. The van der Waals surface area contributed by atoms with Crippen molar-refractivity contribution in [1.82, 2.24) is 4.90 Å². The molecule has 1 aliphatic heterocycles. The zero-order chi connectivity index (χ0) is 14.7. The lowest BCUT2D eigenvalue weighted by atomic mass is 9.98. The molecule has 0 aromatic heterocycles. The second-order valence-electron chi connectivity index (χ2n) is 5.51. The summed E-state index contributed by atoms with van der Waals surface area (Å²) in [5.74, 6) is 0.215. The van der Waals surface area contributed by atoms with Gasteiger partial charge in [0.1, 0.15) is 5.82 Å². The quantitative estimate of drug-likeness (QED) is 0.926. The number of piperidine rings is 1. The number of likely N-dealkylation sites (tertiary alicyclic amines) is 1. The van der Waals surface area contributed by atoms with Crippen LogP contribution in [0.5, 0.6) is 0 Å². The van der Waals surface area contributed by atoms with Gasteiger partial charge >= 0.3 is 0 Å². The molecule has 1 saturated heterocycles. The number of nitrogens with one attached hydrogen (secondary N) is 1. The Hall–Kier alpha value is -1.13. The fourth-order valence-electron chi connectivity index (χ4n) is 2.41. The number of carbonyl (C=O) groups is 1. The molecule has 1 fully saturated rings. The van der Waals surface area contributed by atoms with Crippen LogP contribution in [0.1, 0.15) is 26.7 Å². The second-order valence-corrected chi connectivity index (χ2v) is 5.92. The van der Waals surface area contributed by atoms with Gasteiger partial charge in [0.15, 0.2) is 0 Å². The van der Waals surface area contributed by atoms with Crippen molar-refractivity contribution >= 4 is 23.2 Å². The average molecular weight is 299 g/mol. The minimum absolute atomic E-state index is 0.104. The number of benzene rings is 1. The van der Waals surface area contributed by atoms with Gasteiger partial charge in [0, 0.05) is 0 Å². The van der Waals surface area contributed by atoms with Crippen molar-refractivity contribution in [2.45, 2.75) is 32.7 Å². The lowest BCUT2D eigenvalue weighted by Gasteiger charge is -2.34. The Morgan fingerprint density at radius 1 is 1.45 bits per heavy atom. The standard InChI is InChI=1S/C15H20ClFN2O/c1-10-5-7-19(8-6-10)11(2)15(20)18-14-4-3-12(17)9-13(14)16/h3-4,9-11H,5-8H2,1-2H3,(H,18,20). The number of hydrogen-bond donors (Lipinski definition) is 1. The fraction of sp³-hybridized carbons (Fsp3) is 0.533. The van der Waals surface area contributed by atoms with Crippen LogP contribution in [0, 0.1) is 11.7 Å². The van der Waals surface area contributed by atoms with Crippen LogP contribution >= 0.6 is 11.6 Å². The summed E-state index contributed by atoms with van der Waals surface area (Å²) in [5, 5.41) is 2.99. The molecule has 110 valence electrons. The van der Waals surface area contributed by atoms with Crippen LogP contribution in [-0.2, 0) is 4.79 Å². The van der Waals surface area contributed by atoms with E-state index in [-0.39, 0.29) is 17.0 Å². The van der Waals surface area contributed by atoms with Crippen LogP contribution in [0.15, 0.2) is 18.2 Å². The Bertz CT molecular complexity index is 487. The summed E-state index contributed by atoms with van der Waals surface area (Å²) in [6.45, 7) is 6.00. The molecule has 0 radical (unpaired) electrons. The van der Waals surface area contributed by atoms with Gasteiger partial charge in [-0.15, -0.1) is 0 Å². The molecule has 1 heterocycles. The lowest BCUT2D eigenvalue weighted by Crippen LogP contribution is -2.45. The van der Waals surface area contributed by atoms with E-state index in [2.05, 4.69) is 17.1 Å². The Morgan fingerprint density at radius 3 is 2.70 bits per heavy atom. The van der Waals surface area contributed by atoms with Gasteiger partial charge in [0.2, 0.25) is 5.91 Å². The van der Waals surface area contributed by atoms with Gasteiger partial charge in [-0.2, -0.15) is 0 Å². The first-order valence-electron chi connectivity index (χ1n) is 6.97. The molecular weight excluding hydrogens is 279 g/mol. The Balaban J connectivity index is 1.97. The predicted octanol–water partition coefficient (Wildman–Crippen LogP) is 3.54. The largest absolute Gasteiger partial charge is 0.323 e. The molecule has 1 amide bonds. The summed E-state index contributed by atoms with van der Waals surface area (Å²) in [6, 6.07) is 3.77. The van der Waals surface area contributed by atoms with Gasteiger partial charge in [-0.25, -0.2) is 4.39 Å². The topological polar surface area (TPSA) is 32.3 Å². The van der Waals surface area contributed by atoms with Gasteiger partial charge in [-0.3, -0.25) is 9.69 Å². The summed E-state index contributed by atoms with van der Waals surface area (Å²) in [5.41, 5.74) is 0.454. The third-order valence-corrected chi connectivity index (χ3v) is 4.25. The third-order valence-electron chi connectivity index (χ3n) is 3.93. The van der Waals surface area contributed by atoms with Crippen LogP contribution < -0.4 is 5.32 Å². The Kier molecular flexibility index (Phi) is 5.00. The average Bonchev–Trinajstić information content (AvgIpc) is 2.42. The number of anilines is 1. The van der Waals surface area contributed by atoms with Crippen molar-refractivity contribution in [2.24, 2.45) is 5.92 Å². The molecule has 20 heavy (non-hydrogen) atoms. The monoisotopic (exact) mass is 298 g/mol. The number of rotatable bonds is 3. The maximum absolute atomic E-state index is 13.0. The Morgan fingerprint density at radius 2 is 2.10 bits per heavy atom. The number of halogens is 2. The summed E-state index contributed by atoms with van der Waals surface area (Å²) in [6.07, 6.45) is 2.24. The first kappa shape index (κ1) is 15.3. The highest BCUT2D eigenvalue weighted by atomic mass is 35.5.